The molecule has 15 aromatic rings. The fourth-order valence-electron chi connectivity index (χ4n) is 19.9. The maximum absolute atomic E-state index is 7.96. The van der Waals surface area contributed by atoms with E-state index >= 15 is 0 Å². The van der Waals surface area contributed by atoms with Gasteiger partial charge >= 0.3 is 0 Å². The summed E-state index contributed by atoms with van der Waals surface area (Å²) in [4.78, 5) is 41.3. The van der Waals surface area contributed by atoms with E-state index in [9.17, 15) is 0 Å². The smallest absolute Gasteiger partial charge is 0.0752 e. The van der Waals surface area contributed by atoms with E-state index in [1.165, 1.54) is 478 Å². The maximum atomic E-state index is 7.96. The Balaban J connectivity index is 0.891. The molecular weight excluding hydrogens is 2000 g/mol. The van der Waals surface area contributed by atoms with Crippen LogP contribution < -0.4 is 11.5 Å². The van der Waals surface area contributed by atoms with E-state index in [1.807, 2.05) is 170 Å². The maximum Gasteiger partial charge on any atom is 0.0752 e. The van der Waals surface area contributed by atoms with Crippen LogP contribution in [0.4, 0.5) is 11.4 Å². The van der Waals surface area contributed by atoms with Crippen molar-refractivity contribution in [2.45, 2.75) is 415 Å². The highest BCUT2D eigenvalue weighted by Crippen LogP contribution is 2.62. The molecule has 4 N–H and O–H groups in total. The molecule has 141 heavy (non-hydrogen) atoms. The average Bonchev–Trinajstić information content (AvgIpc) is 1.59. The van der Waals surface area contributed by atoms with Crippen molar-refractivity contribution >= 4 is 181 Å². The summed E-state index contributed by atoms with van der Waals surface area (Å²) in [5, 5.41) is 0. The van der Waals surface area contributed by atoms with Crippen molar-refractivity contribution in [1.29, 1.82) is 0 Å². The van der Waals surface area contributed by atoms with Gasteiger partial charge in [0.15, 0.2) is 0 Å². The Bertz CT molecular complexity index is 5120. The fourth-order valence-corrected chi connectivity index (χ4v) is 37.9. The van der Waals surface area contributed by atoms with Crippen LogP contribution in [0.1, 0.15) is 403 Å². The SMILES string of the molecule is CCCCCCCCc1ccc(-c2cc(-c3cc(-c4sc(-c5cc(-c6cc(-c7ccc(CCCCCCCC)s7)c(-c7ccc(CCCCCCCC)s7)s6)c(-c6cc(-c7ccc(CCCCCCCC)s7)c(-c7ccc(CCCCCCCC)s7)s6)s5)c(N)c4N)sc3-c3cc(-c4ccc(CCCCCCCC)s4)c(-c4ccc(CCCCCCCC)s4)s3)sc2-c2ccc(CCCCCCCC)s2)s1. The number of nitrogen functional groups attached to an aromatic ring is 2. The Morgan fingerprint density at radius 1 is 0.135 bits per heavy atom. The van der Waals surface area contributed by atoms with E-state index in [0.717, 1.165) is 61.1 Å². The number of thiophene rings is 15. The molecule has 0 aliphatic rings. The van der Waals surface area contributed by atoms with Crippen molar-refractivity contribution in [2.24, 2.45) is 0 Å². The number of hydrogen-bond donors (Lipinski definition) is 2. The van der Waals surface area contributed by atoms with E-state index in [-0.39, 0.29) is 0 Å². The summed E-state index contributed by atoms with van der Waals surface area (Å²) in [6.07, 6.45) is 72.0. The van der Waals surface area contributed by atoms with Crippen molar-refractivity contribution < 1.29 is 0 Å². The van der Waals surface area contributed by atoms with Gasteiger partial charge in [-0.2, -0.15) is 0 Å². The Kier molecular flexibility index (Phi) is 46.5. The normalized spacial score (nSPS) is 11.9. The van der Waals surface area contributed by atoms with Gasteiger partial charge in [-0.05, 0) is 236 Å². The van der Waals surface area contributed by atoms with Crippen LogP contribution in [0.2, 0.25) is 0 Å². The molecule has 758 valence electrons. The van der Waals surface area contributed by atoms with Gasteiger partial charge in [-0.1, -0.05) is 312 Å². The van der Waals surface area contributed by atoms with Gasteiger partial charge in [-0.25, -0.2) is 0 Å². The highest BCUT2D eigenvalue weighted by molar-refractivity contribution is 7.34. The van der Waals surface area contributed by atoms with Gasteiger partial charge in [0.2, 0.25) is 0 Å². The molecule has 0 atom stereocenters. The van der Waals surface area contributed by atoms with Crippen molar-refractivity contribution in [3.05, 3.63) is 172 Å². The summed E-state index contributed by atoms with van der Waals surface area (Å²) in [7, 11) is 0. The van der Waals surface area contributed by atoms with Crippen LogP contribution in [0.15, 0.2) is 133 Å². The molecule has 0 aliphatic heterocycles. The quantitative estimate of drug-likeness (QED) is 0.0373. The van der Waals surface area contributed by atoms with Crippen molar-refractivity contribution in [3.8, 4) is 141 Å². The first kappa shape index (κ1) is 110. The number of aryl methyl sites for hydroxylation is 8. The van der Waals surface area contributed by atoms with Gasteiger partial charge in [0.1, 0.15) is 0 Å². The molecule has 0 aliphatic carbocycles. The Hall–Kier alpha value is -4.90. The van der Waals surface area contributed by atoms with Gasteiger partial charge < -0.3 is 11.5 Å². The zero-order valence-corrected chi connectivity index (χ0v) is 98.8. The first-order valence-corrected chi connectivity index (χ1v) is 67.9. The molecule has 0 spiro atoms. The fraction of sp³-hybridized carbons (Fsp3) is 0.516. The lowest BCUT2D eigenvalue weighted by Gasteiger charge is -2.01. The van der Waals surface area contributed by atoms with E-state index in [0.29, 0.717) is 11.4 Å². The summed E-state index contributed by atoms with van der Waals surface area (Å²) >= 11 is 30.2. The second-order valence-electron chi connectivity index (χ2n) is 40.0. The van der Waals surface area contributed by atoms with E-state index < -0.39 is 0 Å². The second kappa shape index (κ2) is 59.5. The summed E-state index contributed by atoms with van der Waals surface area (Å²) < 4.78 is 0. The predicted octanol–water partition coefficient (Wildman–Crippen LogP) is 48.3. The third-order valence-electron chi connectivity index (χ3n) is 28.3. The van der Waals surface area contributed by atoms with E-state index in [2.05, 4.69) is 189 Å². The highest BCUT2D eigenvalue weighted by Gasteiger charge is 2.32. The summed E-state index contributed by atoms with van der Waals surface area (Å²) in [5.41, 5.74) is 25.4. The molecule has 0 saturated heterocycles. The first-order valence-electron chi connectivity index (χ1n) is 55.7. The molecular formula is C124H162N2S15. The number of nitrogens with two attached hydrogens (primary N) is 2. The lowest BCUT2D eigenvalue weighted by molar-refractivity contribution is 0.609. The number of unbranched alkanes of at least 4 members (excludes halogenated alkanes) is 40. The number of hydrogen-bond acceptors (Lipinski definition) is 17. The average molecular weight is 2160 g/mol. The molecule has 17 heteroatoms. The summed E-state index contributed by atoms with van der Waals surface area (Å²) in [6.45, 7) is 18.7. The largest absolute Gasteiger partial charge is 0.396 e. The third kappa shape index (κ3) is 31.6. The predicted molar refractivity (Wildman–Crippen MR) is 656 cm³/mol. The van der Waals surface area contributed by atoms with Gasteiger partial charge in [0.05, 0.1) is 50.4 Å². The van der Waals surface area contributed by atoms with Gasteiger partial charge in [0, 0.05) is 141 Å². The van der Waals surface area contributed by atoms with Crippen molar-refractivity contribution in [3.63, 3.8) is 0 Å². The Labute approximate surface area is 911 Å². The van der Waals surface area contributed by atoms with Crippen LogP contribution in [0.5, 0.6) is 0 Å². The van der Waals surface area contributed by atoms with Crippen LogP contribution in [-0.4, -0.2) is 0 Å². The standard InChI is InChI=1S/C124H162N2S15/c1-9-17-25-33-41-49-57-87-65-73-101(127-87)95-81-109(135-117(95)105-77-69-91(131-105)61-53-45-37-29-21-13-5)99-85-113(139-121(99)111-83-97(103-75-67-89(129-103)59-51-43-35-27-19-11-3)119(137-111)107-79-71-93(133-107)63-55-47-39-31-23-15-7)123-115(125)116(126)124(141-123)114-86-100(110-82-96(102-74-66-88(128-102)58-50-42-34-26-18-10-2)118(136-110)106-78-70-92(132-106)62-54-46-38-30-22-14-6)122(140-114)112-84-98(104-76-68-90(130-104)60-52-44-36-28-20-12-4)120(138-112)108-80-72-94(134-108)64-56-48-40-32-24-16-8/h65-86H,9-64,125-126H2,1-8H3. The summed E-state index contributed by atoms with van der Waals surface area (Å²) in [5.74, 6) is 0. The first-order chi connectivity index (χ1) is 69.4. The van der Waals surface area contributed by atoms with Crippen LogP contribution >= 0.6 is 170 Å². The van der Waals surface area contributed by atoms with Gasteiger partial charge in [-0.3, -0.25) is 0 Å². The minimum Gasteiger partial charge on any atom is -0.396 e. The number of anilines is 2. The molecule has 0 fully saturated rings. The van der Waals surface area contributed by atoms with Crippen molar-refractivity contribution in [1.82, 2.24) is 0 Å². The molecule has 2 nitrogen and oxygen atoms in total. The Morgan fingerprint density at radius 2 is 0.277 bits per heavy atom. The highest BCUT2D eigenvalue weighted by atomic mass is 32.2. The minimum atomic E-state index is 0.695. The summed E-state index contributed by atoms with van der Waals surface area (Å²) in [6, 6.07) is 55.2. The molecule has 0 bridgehead atoms. The molecule has 0 aromatic carbocycles. The van der Waals surface area contributed by atoms with Crippen LogP contribution in [0, 0.1) is 0 Å². The second-order valence-corrected chi connectivity index (χ2v) is 56.7. The van der Waals surface area contributed by atoms with E-state index in [4.69, 9.17) is 11.5 Å². The molecule has 15 rings (SSSR count). The van der Waals surface area contributed by atoms with E-state index in [1.54, 1.807) is 0 Å². The lowest BCUT2D eigenvalue weighted by atomic mass is 10.1. The third-order valence-corrected chi connectivity index (χ3v) is 47.1. The molecule has 15 heterocycles. The zero-order chi connectivity index (χ0) is 97.7. The van der Waals surface area contributed by atoms with Crippen LogP contribution in [-0.2, 0) is 51.4 Å². The van der Waals surface area contributed by atoms with Gasteiger partial charge in [-0.15, -0.1) is 170 Å². The number of rotatable bonds is 70. The molecule has 0 unspecified atom stereocenters. The Morgan fingerprint density at radius 3 is 0.475 bits per heavy atom. The zero-order valence-electron chi connectivity index (χ0n) is 86.6. The van der Waals surface area contributed by atoms with Crippen LogP contribution in [0.3, 0.4) is 0 Å². The molecule has 0 saturated carbocycles. The minimum absolute atomic E-state index is 0.695. The molecule has 0 amide bonds. The van der Waals surface area contributed by atoms with Crippen LogP contribution in [0.25, 0.3) is 141 Å². The lowest BCUT2D eigenvalue weighted by Crippen LogP contribution is -1.92. The molecule has 0 radical (unpaired) electrons. The topological polar surface area (TPSA) is 52.0 Å². The van der Waals surface area contributed by atoms with Gasteiger partial charge in [0.25, 0.3) is 0 Å². The molecule has 15 aromatic heterocycles. The monoisotopic (exact) mass is 2160 g/mol. The van der Waals surface area contributed by atoms with Crippen molar-refractivity contribution in [2.75, 3.05) is 11.5 Å².